The second-order valence-electron chi connectivity index (χ2n) is 4.64. The Morgan fingerprint density at radius 2 is 1.88 bits per heavy atom. The Kier molecular flexibility index (Phi) is 3.93. The van der Waals surface area contributed by atoms with Crippen molar-refractivity contribution < 1.29 is 14.6 Å². The number of ether oxygens (including phenoxy) is 1. The first-order chi connectivity index (χ1) is 7.44. The molecule has 0 spiro atoms. The normalized spacial score (nSPS) is 11.2. The molecule has 0 saturated heterocycles. The van der Waals surface area contributed by atoms with Gasteiger partial charge in [-0.05, 0) is 36.1 Å². The highest BCUT2D eigenvalue weighted by molar-refractivity contribution is 5.89. The van der Waals surface area contributed by atoms with E-state index in [1.165, 1.54) is 12.1 Å². The molecule has 0 aromatic heterocycles. The zero-order valence-corrected chi connectivity index (χ0v) is 9.99. The second-order valence-corrected chi connectivity index (χ2v) is 4.64. The molecule has 3 heteroatoms. The third kappa shape index (κ3) is 3.57. The highest BCUT2D eigenvalue weighted by Crippen LogP contribution is 2.20. The number of hydrogen-bond donors (Lipinski definition) is 1. The van der Waals surface area contributed by atoms with Gasteiger partial charge in [0.15, 0.2) is 0 Å². The van der Waals surface area contributed by atoms with Gasteiger partial charge in [-0.3, -0.25) is 0 Å². The predicted molar refractivity (Wildman–Crippen MR) is 62.5 cm³/mol. The van der Waals surface area contributed by atoms with Crippen LogP contribution in [-0.2, 0) is 4.74 Å². The number of phenols is 1. The van der Waals surface area contributed by atoms with Crippen molar-refractivity contribution in [2.45, 2.75) is 27.2 Å². The summed E-state index contributed by atoms with van der Waals surface area (Å²) in [5.74, 6) is -0.202. The molecular formula is C13H18O3. The van der Waals surface area contributed by atoms with Crippen molar-refractivity contribution in [2.75, 3.05) is 6.61 Å². The molecule has 0 aliphatic heterocycles. The van der Waals surface area contributed by atoms with Crippen molar-refractivity contribution in [3.05, 3.63) is 29.8 Å². The van der Waals surface area contributed by atoms with E-state index in [4.69, 9.17) is 9.84 Å². The van der Waals surface area contributed by atoms with E-state index < -0.39 is 0 Å². The molecule has 0 atom stereocenters. The summed E-state index contributed by atoms with van der Waals surface area (Å²) in [6.07, 6.45) is 0.954. The maximum Gasteiger partial charge on any atom is 0.338 e. The Labute approximate surface area is 96.1 Å². The van der Waals surface area contributed by atoms with Gasteiger partial charge in [-0.15, -0.1) is 0 Å². The summed E-state index contributed by atoms with van der Waals surface area (Å²) in [7, 11) is 0. The average molecular weight is 222 g/mol. The molecule has 0 aliphatic rings. The third-order valence-electron chi connectivity index (χ3n) is 2.65. The summed E-state index contributed by atoms with van der Waals surface area (Å²) >= 11 is 0. The number of hydrogen-bond acceptors (Lipinski definition) is 3. The lowest BCUT2D eigenvalue weighted by Crippen LogP contribution is -2.20. The lowest BCUT2D eigenvalue weighted by molar-refractivity contribution is 0.0335. The van der Waals surface area contributed by atoms with Crippen molar-refractivity contribution in [1.82, 2.24) is 0 Å². The third-order valence-corrected chi connectivity index (χ3v) is 2.65. The van der Waals surface area contributed by atoms with E-state index in [-0.39, 0.29) is 17.1 Å². The first-order valence-electron chi connectivity index (χ1n) is 5.41. The minimum Gasteiger partial charge on any atom is -0.508 e. The zero-order valence-electron chi connectivity index (χ0n) is 9.99. The van der Waals surface area contributed by atoms with Gasteiger partial charge in [0.25, 0.3) is 0 Å². The fourth-order valence-corrected chi connectivity index (χ4v) is 1.04. The molecule has 1 rings (SSSR count). The fraction of sp³-hybridized carbons (Fsp3) is 0.462. The van der Waals surface area contributed by atoms with E-state index >= 15 is 0 Å². The Balaban J connectivity index is 2.56. The highest BCUT2D eigenvalue weighted by Gasteiger charge is 2.18. The molecular weight excluding hydrogens is 204 g/mol. The molecule has 0 fully saturated rings. The van der Waals surface area contributed by atoms with Crippen LogP contribution in [-0.4, -0.2) is 17.7 Å². The number of rotatable bonds is 4. The molecule has 0 amide bonds. The summed E-state index contributed by atoms with van der Waals surface area (Å²) in [5.41, 5.74) is 0.469. The predicted octanol–water partition coefficient (Wildman–Crippen LogP) is 2.99. The molecule has 0 heterocycles. The zero-order chi connectivity index (χ0) is 12.2. The lowest BCUT2D eigenvalue weighted by atomic mass is 9.92. The van der Waals surface area contributed by atoms with Gasteiger partial charge < -0.3 is 9.84 Å². The number of carbonyl (C=O) groups is 1. The molecule has 0 radical (unpaired) electrons. The van der Waals surface area contributed by atoms with E-state index in [9.17, 15) is 4.79 Å². The number of esters is 1. The van der Waals surface area contributed by atoms with Crippen LogP contribution in [0.1, 0.15) is 37.6 Å². The SMILES string of the molecule is CCC(C)(C)COC(=O)c1ccc(O)cc1. The number of carbonyl (C=O) groups excluding carboxylic acids is 1. The van der Waals surface area contributed by atoms with Gasteiger partial charge in [0.05, 0.1) is 12.2 Å². The van der Waals surface area contributed by atoms with Crippen LogP contribution in [0.25, 0.3) is 0 Å². The lowest BCUT2D eigenvalue weighted by Gasteiger charge is -2.21. The molecule has 0 unspecified atom stereocenters. The first kappa shape index (κ1) is 12.6. The summed E-state index contributed by atoms with van der Waals surface area (Å²) in [4.78, 5) is 11.6. The molecule has 0 saturated carbocycles. The Morgan fingerprint density at radius 1 is 1.31 bits per heavy atom. The van der Waals surface area contributed by atoms with Crippen molar-refractivity contribution in [1.29, 1.82) is 0 Å². The van der Waals surface area contributed by atoms with Crippen molar-refractivity contribution >= 4 is 5.97 Å². The number of phenolic OH excluding ortho intramolecular Hbond substituents is 1. The van der Waals surface area contributed by atoms with Gasteiger partial charge >= 0.3 is 5.97 Å². The number of benzene rings is 1. The van der Waals surface area contributed by atoms with Crippen LogP contribution in [0.5, 0.6) is 5.75 Å². The van der Waals surface area contributed by atoms with Gasteiger partial charge in [-0.1, -0.05) is 20.8 Å². The summed E-state index contributed by atoms with van der Waals surface area (Å²) < 4.78 is 5.20. The van der Waals surface area contributed by atoms with Crippen molar-refractivity contribution in [3.63, 3.8) is 0 Å². The molecule has 1 aromatic carbocycles. The van der Waals surface area contributed by atoms with Crippen LogP contribution in [0.15, 0.2) is 24.3 Å². The van der Waals surface area contributed by atoms with Crippen LogP contribution in [0, 0.1) is 5.41 Å². The van der Waals surface area contributed by atoms with Gasteiger partial charge in [0, 0.05) is 0 Å². The summed E-state index contributed by atoms with van der Waals surface area (Å²) in [5, 5.41) is 9.08. The van der Waals surface area contributed by atoms with Gasteiger partial charge in [0.2, 0.25) is 0 Å². The minimum atomic E-state index is -0.346. The van der Waals surface area contributed by atoms with Crippen molar-refractivity contribution in [3.8, 4) is 5.75 Å². The molecule has 16 heavy (non-hydrogen) atoms. The Morgan fingerprint density at radius 3 is 2.38 bits per heavy atom. The molecule has 0 aliphatic carbocycles. The molecule has 0 bridgehead atoms. The number of aromatic hydroxyl groups is 1. The van der Waals surface area contributed by atoms with E-state index in [2.05, 4.69) is 20.8 Å². The average Bonchev–Trinajstić information content (AvgIpc) is 2.27. The van der Waals surface area contributed by atoms with Gasteiger partial charge in [-0.2, -0.15) is 0 Å². The summed E-state index contributed by atoms with van der Waals surface area (Å²) in [6.45, 7) is 6.58. The van der Waals surface area contributed by atoms with Gasteiger partial charge in [0.1, 0.15) is 5.75 Å². The molecule has 3 nitrogen and oxygen atoms in total. The molecule has 1 N–H and O–H groups in total. The standard InChI is InChI=1S/C13H18O3/c1-4-13(2,3)9-16-12(15)10-5-7-11(14)8-6-10/h5-8,14H,4,9H2,1-3H3. The Bertz CT molecular complexity index is 352. The maximum atomic E-state index is 11.6. The van der Waals surface area contributed by atoms with Crippen LogP contribution in [0.2, 0.25) is 0 Å². The van der Waals surface area contributed by atoms with E-state index in [0.717, 1.165) is 6.42 Å². The van der Waals surface area contributed by atoms with E-state index in [1.807, 2.05) is 0 Å². The van der Waals surface area contributed by atoms with Gasteiger partial charge in [-0.25, -0.2) is 4.79 Å². The Hall–Kier alpha value is -1.51. The van der Waals surface area contributed by atoms with Crippen LogP contribution >= 0.6 is 0 Å². The van der Waals surface area contributed by atoms with Crippen molar-refractivity contribution in [2.24, 2.45) is 5.41 Å². The van der Waals surface area contributed by atoms with E-state index in [0.29, 0.717) is 12.2 Å². The first-order valence-corrected chi connectivity index (χ1v) is 5.41. The summed E-state index contributed by atoms with van der Waals surface area (Å²) in [6, 6.07) is 6.05. The minimum absolute atomic E-state index is 0.00653. The highest BCUT2D eigenvalue weighted by atomic mass is 16.5. The molecule has 1 aromatic rings. The van der Waals surface area contributed by atoms with Crippen LogP contribution < -0.4 is 0 Å². The van der Waals surface area contributed by atoms with E-state index in [1.54, 1.807) is 12.1 Å². The topological polar surface area (TPSA) is 46.5 Å². The van der Waals surface area contributed by atoms with Crippen LogP contribution in [0.3, 0.4) is 0 Å². The molecule has 88 valence electrons. The largest absolute Gasteiger partial charge is 0.508 e. The second kappa shape index (κ2) is 5.01. The smallest absolute Gasteiger partial charge is 0.338 e. The monoisotopic (exact) mass is 222 g/mol. The van der Waals surface area contributed by atoms with Crippen LogP contribution in [0.4, 0.5) is 0 Å². The maximum absolute atomic E-state index is 11.6. The fourth-order valence-electron chi connectivity index (χ4n) is 1.04. The quantitative estimate of drug-likeness (QED) is 0.796.